The van der Waals surface area contributed by atoms with Gasteiger partial charge in [0, 0.05) is 19.3 Å². The Bertz CT molecular complexity index is 490. The van der Waals surface area contributed by atoms with Crippen LogP contribution in [0, 0.1) is 6.92 Å². The summed E-state index contributed by atoms with van der Waals surface area (Å²) in [6, 6.07) is 8.58. The highest BCUT2D eigenvalue weighted by molar-refractivity contribution is 5.22. The van der Waals surface area contributed by atoms with E-state index in [1.807, 2.05) is 10.8 Å². The van der Waals surface area contributed by atoms with Gasteiger partial charge in [-0.05, 0) is 25.5 Å². The first kappa shape index (κ1) is 12.6. The predicted octanol–water partition coefficient (Wildman–Crippen LogP) is 1.95. The van der Waals surface area contributed by atoms with Crippen molar-refractivity contribution in [2.24, 2.45) is 0 Å². The van der Waals surface area contributed by atoms with Gasteiger partial charge in [-0.25, -0.2) is 4.98 Å². The molecule has 0 spiro atoms. The Hall–Kier alpha value is -1.81. The molecule has 2 aromatic rings. The number of aryl methyl sites for hydroxylation is 2. The number of aromatic nitrogens is 2. The van der Waals surface area contributed by atoms with Crippen molar-refractivity contribution in [2.45, 2.75) is 26.4 Å². The summed E-state index contributed by atoms with van der Waals surface area (Å²) in [6.45, 7) is 4.98. The summed E-state index contributed by atoms with van der Waals surface area (Å²) in [6.07, 6.45) is 4.71. The number of benzene rings is 1. The van der Waals surface area contributed by atoms with Crippen LogP contribution in [0.4, 0.5) is 5.82 Å². The molecule has 4 nitrogen and oxygen atoms in total. The zero-order valence-electron chi connectivity index (χ0n) is 10.8. The smallest absolute Gasteiger partial charge is 0.141 e. The van der Waals surface area contributed by atoms with Crippen molar-refractivity contribution in [1.82, 2.24) is 14.9 Å². The molecule has 0 radical (unpaired) electrons. The van der Waals surface area contributed by atoms with Gasteiger partial charge in [-0.1, -0.05) is 29.8 Å². The summed E-state index contributed by atoms with van der Waals surface area (Å²) >= 11 is 0. The van der Waals surface area contributed by atoms with Gasteiger partial charge in [0.1, 0.15) is 5.82 Å². The van der Waals surface area contributed by atoms with Gasteiger partial charge < -0.3 is 15.6 Å². The molecule has 2 rings (SSSR count). The molecule has 1 aromatic heterocycles. The largest absolute Gasteiger partial charge is 0.382 e. The lowest BCUT2D eigenvalue weighted by Crippen LogP contribution is -2.16. The summed E-state index contributed by atoms with van der Waals surface area (Å²) in [5, 5.41) is 3.44. The lowest BCUT2D eigenvalue weighted by Gasteiger charge is -2.06. The van der Waals surface area contributed by atoms with E-state index in [0.29, 0.717) is 5.82 Å². The molecule has 1 heterocycles. The van der Waals surface area contributed by atoms with Crippen LogP contribution in [0.1, 0.15) is 17.5 Å². The molecule has 0 bridgehead atoms. The second-order valence-corrected chi connectivity index (χ2v) is 4.56. The van der Waals surface area contributed by atoms with Gasteiger partial charge in [0.2, 0.25) is 0 Å². The molecule has 0 aliphatic rings. The van der Waals surface area contributed by atoms with E-state index in [0.717, 1.165) is 26.1 Å². The fourth-order valence-electron chi connectivity index (χ4n) is 1.94. The molecule has 0 amide bonds. The first-order valence-corrected chi connectivity index (χ1v) is 6.27. The first-order valence-electron chi connectivity index (χ1n) is 6.27. The van der Waals surface area contributed by atoms with Gasteiger partial charge in [-0.15, -0.1) is 0 Å². The zero-order valence-corrected chi connectivity index (χ0v) is 10.8. The number of nitrogen functional groups attached to an aromatic ring is 1. The fourth-order valence-corrected chi connectivity index (χ4v) is 1.94. The Balaban J connectivity index is 1.64. The quantitative estimate of drug-likeness (QED) is 0.764. The second-order valence-electron chi connectivity index (χ2n) is 4.56. The molecular formula is C14H20N4. The van der Waals surface area contributed by atoms with Gasteiger partial charge in [0.25, 0.3) is 0 Å². The third kappa shape index (κ3) is 3.89. The Morgan fingerprint density at radius 2 is 2.28 bits per heavy atom. The summed E-state index contributed by atoms with van der Waals surface area (Å²) < 4.78 is 2.02. The molecule has 0 atom stereocenters. The highest BCUT2D eigenvalue weighted by Gasteiger charge is 1.95. The highest BCUT2D eigenvalue weighted by Crippen LogP contribution is 2.03. The van der Waals surface area contributed by atoms with Gasteiger partial charge >= 0.3 is 0 Å². The predicted molar refractivity (Wildman–Crippen MR) is 74.1 cm³/mol. The number of rotatable bonds is 6. The molecule has 0 fully saturated rings. The van der Waals surface area contributed by atoms with E-state index < -0.39 is 0 Å². The van der Waals surface area contributed by atoms with Crippen LogP contribution in [-0.4, -0.2) is 16.1 Å². The average molecular weight is 244 g/mol. The molecular weight excluding hydrogens is 224 g/mol. The summed E-state index contributed by atoms with van der Waals surface area (Å²) in [4.78, 5) is 3.99. The lowest BCUT2D eigenvalue weighted by atomic mass is 10.1. The van der Waals surface area contributed by atoms with Crippen LogP contribution < -0.4 is 11.1 Å². The molecule has 0 aliphatic carbocycles. The van der Waals surface area contributed by atoms with E-state index in [-0.39, 0.29) is 0 Å². The van der Waals surface area contributed by atoms with Crippen molar-refractivity contribution in [2.75, 3.05) is 12.3 Å². The molecule has 96 valence electrons. The number of nitrogens with two attached hydrogens (primary N) is 1. The van der Waals surface area contributed by atoms with Crippen LogP contribution in [0.3, 0.4) is 0 Å². The van der Waals surface area contributed by atoms with Crippen LogP contribution in [0.25, 0.3) is 0 Å². The molecule has 4 heteroatoms. The molecule has 0 saturated carbocycles. The molecule has 0 unspecified atom stereocenters. The molecule has 1 aromatic carbocycles. The van der Waals surface area contributed by atoms with Crippen molar-refractivity contribution in [3.05, 3.63) is 47.9 Å². The van der Waals surface area contributed by atoms with Gasteiger partial charge in [0.05, 0.1) is 6.33 Å². The third-order valence-electron chi connectivity index (χ3n) is 2.83. The number of nitrogens with zero attached hydrogens (tertiary/aromatic N) is 2. The molecule has 3 N–H and O–H groups in total. The summed E-state index contributed by atoms with van der Waals surface area (Å²) in [5.74, 6) is 0.586. The van der Waals surface area contributed by atoms with Crippen LogP contribution in [0.2, 0.25) is 0 Å². The number of hydrogen-bond acceptors (Lipinski definition) is 3. The maximum absolute atomic E-state index is 5.55. The van der Waals surface area contributed by atoms with E-state index in [4.69, 9.17) is 5.73 Å². The van der Waals surface area contributed by atoms with Crippen molar-refractivity contribution >= 4 is 5.82 Å². The Kier molecular flexibility index (Phi) is 4.36. The second kappa shape index (κ2) is 6.21. The minimum absolute atomic E-state index is 0.586. The van der Waals surface area contributed by atoms with E-state index in [2.05, 4.69) is 41.5 Å². The normalized spacial score (nSPS) is 10.7. The van der Waals surface area contributed by atoms with Crippen LogP contribution in [0.15, 0.2) is 36.8 Å². The Morgan fingerprint density at radius 3 is 3.00 bits per heavy atom. The number of nitrogens with one attached hydrogen (secondary N) is 1. The average Bonchev–Trinajstić information content (AvgIpc) is 2.75. The number of imidazole rings is 1. The minimum Gasteiger partial charge on any atom is -0.382 e. The van der Waals surface area contributed by atoms with Crippen LogP contribution in [-0.2, 0) is 13.1 Å². The topological polar surface area (TPSA) is 55.9 Å². The maximum atomic E-state index is 5.55. The Labute approximate surface area is 108 Å². The van der Waals surface area contributed by atoms with Gasteiger partial charge in [0.15, 0.2) is 0 Å². The van der Waals surface area contributed by atoms with Crippen molar-refractivity contribution < 1.29 is 0 Å². The van der Waals surface area contributed by atoms with Crippen molar-refractivity contribution in [1.29, 1.82) is 0 Å². The molecule has 18 heavy (non-hydrogen) atoms. The third-order valence-corrected chi connectivity index (χ3v) is 2.83. The van der Waals surface area contributed by atoms with Crippen molar-refractivity contribution in [3.8, 4) is 0 Å². The maximum Gasteiger partial charge on any atom is 0.141 e. The number of anilines is 1. The fraction of sp³-hybridized carbons (Fsp3) is 0.357. The van der Waals surface area contributed by atoms with Gasteiger partial charge in [-0.2, -0.15) is 0 Å². The minimum atomic E-state index is 0.586. The summed E-state index contributed by atoms with van der Waals surface area (Å²) in [5.41, 5.74) is 8.20. The standard InChI is InChI=1S/C14H20N4/c1-12-4-2-5-13(8-12)9-16-6-3-7-18-10-14(15)17-11-18/h2,4-5,8,10-11,16H,3,6-7,9,15H2,1H3. The lowest BCUT2D eigenvalue weighted by molar-refractivity contribution is 0.581. The summed E-state index contributed by atoms with van der Waals surface area (Å²) in [7, 11) is 0. The van der Waals surface area contributed by atoms with E-state index >= 15 is 0 Å². The number of hydrogen-bond donors (Lipinski definition) is 2. The highest BCUT2D eigenvalue weighted by atomic mass is 15.1. The molecule has 0 aliphatic heterocycles. The zero-order chi connectivity index (χ0) is 12.8. The van der Waals surface area contributed by atoms with Crippen molar-refractivity contribution in [3.63, 3.8) is 0 Å². The SMILES string of the molecule is Cc1cccc(CNCCCn2cnc(N)c2)c1. The molecule has 0 saturated heterocycles. The van der Waals surface area contributed by atoms with E-state index in [1.165, 1.54) is 11.1 Å². The van der Waals surface area contributed by atoms with Crippen LogP contribution in [0.5, 0.6) is 0 Å². The van der Waals surface area contributed by atoms with Crippen LogP contribution >= 0.6 is 0 Å². The Morgan fingerprint density at radius 1 is 1.39 bits per heavy atom. The van der Waals surface area contributed by atoms with Gasteiger partial charge in [-0.3, -0.25) is 0 Å². The van der Waals surface area contributed by atoms with E-state index in [1.54, 1.807) is 6.33 Å². The van der Waals surface area contributed by atoms with E-state index in [9.17, 15) is 0 Å². The monoisotopic (exact) mass is 244 g/mol. The first-order chi connectivity index (χ1) is 8.74.